The van der Waals surface area contributed by atoms with Crippen molar-refractivity contribution in [3.8, 4) is 5.75 Å². The first-order valence-corrected chi connectivity index (χ1v) is 6.88. The number of halogens is 2. The number of nitrogens with two attached hydrogens (primary N) is 1. The summed E-state index contributed by atoms with van der Waals surface area (Å²) in [6.07, 6.45) is 0. The third kappa shape index (κ3) is 2.17. The fourth-order valence-electron chi connectivity index (χ4n) is 2.64. The fourth-order valence-corrected chi connectivity index (χ4v) is 2.91. The van der Waals surface area contributed by atoms with E-state index in [2.05, 4.69) is 0 Å². The number of para-hydroxylation sites is 1. The average Bonchev–Trinajstić information content (AvgIpc) is 2.86. The molecule has 0 aromatic heterocycles. The lowest BCUT2D eigenvalue weighted by Gasteiger charge is -2.20. The van der Waals surface area contributed by atoms with Gasteiger partial charge in [0.2, 0.25) is 0 Å². The predicted molar refractivity (Wildman–Crippen MR) is 77.8 cm³/mol. The Morgan fingerprint density at radius 1 is 1.35 bits per heavy atom. The maximum atomic E-state index is 13.5. The Kier molecular flexibility index (Phi) is 3.40. The lowest BCUT2D eigenvalue weighted by molar-refractivity contribution is 0.315. The highest BCUT2D eigenvalue weighted by molar-refractivity contribution is 6.31. The van der Waals surface area contributed by atoms with Crippen LogP contribution in [0.5, 0.6) is 5.75 Å². The van der Waals surface area contributed by atoms with Crippen molar-refractivity contribution in [1.82, 2.24) is 0 Å². The van der Waals surface area contributed by atoms with Crippen LogP contribution in [0.2, 0.25) is 5.02 Å². The molecule has 0 aliphatic carbocycles. The van der Waals surface area contributed by atoms with E-state index in [1.807, 2.05) is 24.3 Å². The number of rotatable bonds is 2. The molecule has 0 amide bonds. The van der Waals surface area contributed by atoms with E-state index in [-0.39, 0.29) is 17.8 Å². The van der Waals surface area contributed by atoms with Gasteiger partial charge in [-0.05, 0) is 30.2 Å². The van der Waals surface area contributed by atoms with Gasteiger partial charge in [-0.25, -0.2) is 4.39 Å². The minimum absolute atomic E-state index is 0.0357. The summed E-state index contributed by atoms with van der Waals surface area (Å²) < 4.78 is 19.1. The highest BCUT2D eigenvalue weighted by Gasteiger charge is 2.31. The highest BCUT2D eigenvalue weighted by Crippen LogP contribution is 2.41. The SMILES string of the molecule is Cc1cc(C(N)C2COc3ccccc32)c(Cl)cc1F. The van der Waals surface area contributed by atoms with Crippen LogP contribution in [0.25, 0.3) is 0 Å². The molecule has 0 spiro atoms. The molecule has 0 saturated heterocycles. The van der Waals surface area contributed by atoms with Gasteiger partial charge in [0.25, 0.3) is 0 Å². The van der Waals surface area contributed by atoms with E-state index in [0.29, 0.717) is 17.2 Å². The Morgan fingerprint density at radius 2 is 2.10 bits per heavy atom. The van der Waals surface area contributed by atoms with Crippen LogP contribution in [0.3, 0.4) is 0 Å². The van der Waals surface area contributed by atoms with Crippen LogP contribution in [0, 0.1) is 12.7 Å². The van der Waals surface area contributed by atoms with E-state index in [1.165, 1.54) is 6.07 Å². The number of hydrogen-bond acceptors (Lipinski definition) is 2. The molecular formula is C16H15ClFNO. The molecule has 104 valence electrons. The Hall–Kier alpha value is -1.58. The summed E-state index contributed by atoms with van der Waals surface area (Å²) in [6, 6.07) is 10.6. The third-order valence-corrected chi connectivity index (χ3v) is 4.13. The van der Waals surface area contributed by atoms with E-state index >= 15 is 0 Å². The van der Waals surface area contributed by atoms with E-state index in [9.17, 15) is 4.39 Å². The van der Waals surface area contributed by atoms with Crippen molar-refractivity contribution in [3.05, 3.63) is 63.9 Å². The van der Waals surface area contributed by atoms with E-state index in [1.54, 1.807) is 13.0 Å². The van der Waals surface area contributed by atoms with Crippen LogP contribution < -0.4 is 10.5 Å². The van der Waals surface area contributed by atoms with Crippen molar-refractivity contribution in [1.29, 1.82) is 0 Å². The lowest BCUT2D eigenvalue weighted by Crippen LogP contribution is -2.21. The van der Waals surface area contributed by atoms with Crippen LogP contribution in [0.15, 0.2) is 36.4 Å². The molecule has 2 unspecified atom stereocenters. The van der Waals surface area contributed by atoms with Gasteiger partial charge >= 0.3 is 0 Å². The van der Waals surface area contributed by atoms with Crippen molar-refractivity contribution in [2.24, 2.45) is 5.73 Å². The Balaban J connectivity index is 1.98. The van der Waals surface area contributed by atoms with E-state index < -0.39 is 0 Å². The summed E-state index contributed by atoms with van der Waals surface area (Å²) in [4.78, 5) is 0. The molecule has 20 heavy (non-hydrogen) atoms. The van der Waals surface area contributed by atoms with E-state index in [4.69, 9.17) is 22.1 Å². The van der Waals surface area contributed by atoms with Crippen LogP contribution >= 0.6 is 11.6 Å². The molecule has 3 rings (SSSR count). The molecule has 4 heteroatoms. The van der Waals surface area contributed by atoms with Gasteiger partial charge in [0, 0.05) is 22.5 Å². The summed E-state index contributed by atoms with van der Waals surface area (Å²) >= 11 is 6.14. The molecule has 0 bridgehead atoms. The fraction of sp³-hybridized carbons (Fsp3) is 0.250. The van der Waals surface area contributed by atoms with Crippen LogP contribution in [-0.2, 0) is 0 Å². The minimum Gasteiger partial charge on any atom is -0.493 e. The Bertz CT molecular complexity index is 659. The number of fused-ring (bicyclic) bond motifs is 1. The first kappa shape index (κ1) is 13.4. The summed E-state index contributed by atoms with van der Waals surface area (Å²) in [7, 11) is 0. The molecule has 2 atom stereocenters. The second-order valence-electron chi connectivity index (χ2n) is 5.10. The van der Waals surface area contributed by atoms with Gasteiger partial charge < -0.3 is 10.5 Å². The van der Waals surface area contributed by atoms with Crippen molar-refractivity contribution in [2.75, 3.05) is 6.61 Å². The zero-order valence-electron chi connectivity index (χ0n) is 11.1. The molecular weight excluding hydrogens is 277 g/mol. The second kappa shape index (κ2) is 5.08. The lowest BCUT2D eigenvalue weighted by atomic mass is 9.88. The van der Waals surface area contributed by atoms with Crippen molar-refractivity contribution in [2.45, 2.75) is 18.9 Å². The van der Waals surface area contributed by atoms with Gasteiger partial charge in [-0.3, -0.25) is 0 Å². The van der Waals surface area contributed by atoms with Gasteiger partial charge in [0.1, 0.15) is 11.6 Å². The molecule has 0 radical (unpaired) electrons. The van der Waals surface area contributed by atoms with Crippen molar-refractivity contribution in [3.63, 3.8) is 0 Å². The summed E-state index contributed by atoms with van der Waals surface area (Å²) in [5, 5.41) is 0.366. The predicted octanol–water partition coefficient (Wildman–Crippen LogP) is 3.96. The monoisotopic (exact) mass is 291 g/mol. The van der Waals surface area contributed by atoms with Crippen LogP contribution in [0.4, 0.5) is 4.39 Å². The molecule has 2 N–H and O–H groups in total. The quantitative estimate of drug-likeness (QED) is 0.909. The molecule has 1 aliphatic heterocycles. The normalized spacial score (nSPS) is 18.5. The van der Waals surface area contributed by atoms with Crippen molar-refractivity contribution < 1.29 is 9.13 Å². The molecule has 2 aromatic carbocycles. The second-order valence-corrected chi connectivity index (χ2v) is 5.51. The van der Waals surface area contributed by atoms with E-state index in [0.717, 1.165) is 16.9 Å². The number of benzene rings is 2. The van der Waals surface area contributed by atoms with Gasteiger partial charge in [0.05, 0.1) is 6.61 Å². The summed E-state index contributed by atoms with van der Waals surface area (Å²) in [5.41, 5.74) is 8.74. The first-order valence-electron chi connectivity index (χ1n) is 6.51. The largest absolute Gasteiger partial charge is 0.493 e. The molecule has 0 saturated carbocycles. The highest BCUT2D eigenvalue weighted by atomic mass is 35.5. The molecule has 2 nitrogen and oxygen atoms in total. The van der Waals surface area contributed by atoms with Gasteiger partial charge in [-0.15, -0.1) is 0 Å². The smallest absolute Gasteiger partial charge is 0.127 e. The van der Waals surface area contributed by atoms with Gasteiger partial charge in [0.15, 0.2) is 0 Å². The summed E-state index contributed by atoms with van der Waals surface area (Å²) in [6.45, 7) is 2.23. The molecule has 2 aromatic rings. The topological polar surface area (TPSA) is 35.2 Å². The van der Waals surface area contributed by atoms with Crippen LogP contribution in [0.1, 0.15) is 28.7 Å². The first-order chi connectivity index (χ1) is 9.58. The Labute approximate surface area is 122 Å². The average molecular weight is 292 g/mol. The summed E-state index contributed by atoms with van der Waals surface area (Å²) in [5.74, 6) is 0.588. The minimum atomic E-state index is -0.314. The maximum Gasteiger partial charge on any atom is 0.127 e. The maximum absolute atomic E-state index is 13.5. The number of ether oxygens (including phenoxy) is 1. The number of aryl methyl sites for hydroxylation is 1. The van der Waals surface area contributed by atoms with Crippen molar-refractivity contribution >= 4 is 11.6 Å². The zero-order valence-corrected chi connectivity index (χ0v) is 11.8. The van der Waals surface area contributed by atoms with Crippen LogP contribution in [-0.4, -0.2) is 6.61 Å². The molecule has 0 fully saturated rings. The zero-order chi connectivity index (χ0) is 14.3. The molecule has 1 heterocycles. The Morgan fingerprint density at radius 3 is 2.90 bits per heavy atom. The third-order valence-electron chi connectivity index (χ3n) is 3.81. The number of hydrogen-bond donors (Lipinski definition) is 1. The van der Waals surface area contributed by atoms with Gasteiger partial charge in [-0.2, -0.15) is 0 Å². The molecule has 1 aliphatic rings. The van der Waals surface area contributed by atoms with Gasteiger partial charge in [-0.1, -0.05) is 35.9 Å². The standard InChI is InChI=1S/C16H15ClFNO/c1-9-6-11(13(17)7-14(9)18)16(19)12-8-20-15-5-3-2-4-10(12)15/h2-7,12,16H,8,19H2,1H3.